The summed E-state index contributed by atoms with van der Waals surface area (Å²) in [5.74, 6) is 0.314. The number of unbranched alkanes of at least 4 members (excludes halogenated alkanes) is 7. The zero-order chi connectivity index (χ0) is 24.8. The number of fused-ring (bicyclic) bond motifs is 1. The van der Waals surface area contributed by atoms with Crippen molar-refractivity contribution in [2.45, 2.75) is 91.9 Å². The number of hydrogen-bond donors (Lipinski definition) is 1. The summed E-state index contributed by atoms with van der Waals surface area (Å²) in [6.45, 7) is 9.23. The van der Waals surface area contributed by atoms with Gasteiger partial charge in [0, 0.05) is 0 Å². The smallest absolute Gasteiger partial charge is 0.383 e. The Morgan fingerprint density at radius 3 is 2.35 bits per heavy atom. The molecule has 0 amide bonds. The van der Waals surface area contributed by atoms with Gasteiger partial charge in [0.1, 0.15) is 6.61 Å². The molecule has 0 aliphatic rings. The first-order valence-corrected chi connectivity index (χ1v) is 12.8. The van der Waals surface area contributed by atoms with E-state index in [-0.39, 0.29) is 17.1 Å². The molecule has 0 spiro atoms. The largest absolute Gasteiger partial charge is 0.504 e. The van der Waals surface area contributed by atoms with E-state index in [1.807, 2.05) is 6.08 Å². The van der Waals surface area contributed by atoms with E-state index in [0.717, 1.165) is 25.7 Å². The second-order valence-electron chi connectivity index (χ2n) is 9.21. The Bertz CT molecular complexity index is 995. The number of phenols is 1. The van der Waals surface area contributed by atoms with Crippen molar-refractivity contribution >= 4 is 11.0 Å². The van der Waals surface area contributed by atoms with E-state index in [1.165, 1.54) is 55.7 Å². The average molecular weight is 471 g/mol. The molecule has 0 bridgehead atoms. The number of ether oxygens (including phenoxy) is 2. The van der Waals surface area contributed by atoms with E-state index in [2.05, 4.69) is 33.8 Å². The van der Waals surface area contributed by atoms with Crippen LogP contribution in [-0.2, 0) is 0 Å². The first kappa shape index (κ1) is 27.6. The predicted octanol–water partition coefficient (Wildman–Crippen LogP) is 8.09. The molecule has 1 heterocycles. The maximum Gasteiger partial charge on any atom is 0.383 e. The van der Waals surface area contributed by atoms with Gasteiger partial charge in [0.25, 0.3) is 0 Å². The molecule has 0 aliphatic heterocycles. The van der Waals surface area contributed by atoms with E-state index in [9.17, 15) is 9.90 Å². The van der Waals surface area contributed by atoms with Gasteiger partial charge in [0.2, 0.25) is 5.75 Å². The average Bonchev–Trinajstić information content (AvgIpc) is 2.79. The summed E-state index contributed by atoms with van der Waals surface area (Å²) in [6, 6.07) is 4.96. The van der Waals surface area contributed by atoms with Crippen molar-refractivity contribution in [3.05, 3.63) is 51.9 Å². The minimum Gasteiger partial charge on any atom is -0.504 e. The Morgan fingerprint density at radius 1 is 0.941 bits per heavy atom. The zero-order valence-corrected chi connectivity index (χ0v) is 21.5. The number of allylic oxidation sites excluding steroid dienone is 3. The lowest BCUT2D eigenvalue weighted by molar-refractivity contribution is 0.264. The highest BCUT2D eigenvalue weighted by Gasteiger charge is 2.19. The molecule has 0 saturated heterocycles. The number of phenolic OH excluding ortho intramolecular Hbond substituents is 1. The predicted molar refractivity (Wildman–Crippen MR) is 140 cm³/mol. The number of benzene rings is 1. The van der Waals surface area contributed by atoms with Crippen LogP contribution < -0.4 is 15.1 Å². The van der Waals surface area contributed by atoms with Gasteiger partial charge in [-0.05, 0) is 58.2 Å². The SMILES string of the molecule is CCCCCCCCCCOc1c(OCC=C(C)CCC=C(C)C)c2cccc(O)c2oc1=O. The summed E-state index contributed by atoms with van der Waals surface area (Å²) in [5, 5.41) is 10.7. The summed E-state index contributed by atoms with van der Waals surface area (Å²) in [7, 11) is 0. The second kappa shape index (κ2) is 15.3. The summed E-state index contributed by atoms with van der Waals surface area (Å²) in [4.78, 5) is 12.7. The van der Waals surface area contributed by atoms with Crippen LogP contribution in [0.1, 0.15) is 91.9 Å². The lowest BCUT2D eigenvalue weighted by Crippen LogP contribution is -2.11. The topological polar surface area (TPSA) is 68.9 Å². The lowest BCUT2D eigenvalue weighted by atomic mass is 10.1. The van der Waals surface area contributed by atoms with Crippen LogP contribution in [-0.4, -0.2) is 18.3 Å². The molecule has 1 aromatic heterocycles. The van der Waals surface area contributed by atoms with Crippen molar-refractivity contribution in [3.63, 3.8) is 0 Å². The van der Waals surface area contributed by atoms with Crippen molar-refractivity contribution in [2.24, 2.45) is 0 Å². The van der Waals surface area contributed by atoms with E-state index >= 15 is 0 Å². The molecule has 188 valence electrons. The number of para-hydroxylation sites is 1. The minimum absolute atomic E-state index is 0.0802. The fourth-order valence-corrected chi connectivity index (χ4v) is 3.80. The van der Waals surface area contributed by atoms with Crippen LogP contribution in [0.15, 0.2) is 50.7 Å². The molecule has 0 atom stereocenters. The number of hydrogen-bond acceptors (Lipinski definition) is 5. The van der Waals surface area contributed by atoms with Crippen LogP contribution in [0.3, 0.4) is 0 Å². The molecular formula is C29H42O5. The molecule has 1 N–H and O–H groups in total. The number of rotatable bonds is 16. The van der Waals surface area contributed by atoms with E-state index in [0.29, 0.717) is 24.3 Å². The molecule has 2 aromatic rings. The normalized spacial score (nSPS) is 11.6. The lowest BCUT2D eigenvalue weighted by Gasteiger charge is -2.13. The molecule has 34 heavy (non-hydrogen) atoms. The third-order valence-corrected chi connectivity index (χ3v) is 5.82. The molecule has 2 rings (SSSR count). The van der Waals surface area contributed by atoms with Crippen molar-refractivity contribution in [1.82, 2.24) is 0 Å². The van der Waals surface area contributed by atoms with Crippen LogP contribution in [0.25, 0.3) is 11.0 Å². The van der Waals surface area contributed by atoms with Gasteiger partial charge < -0.3 is 19.0 Å². The quantitative estimate of drug-likeness (QED) is 0.152. The molecule has 1 aromatic carbocycles. The second-order valence-corrected chi connectivity index (χ2v) is 9.21. The summed E-state index contributed by atoms with van der Waals surface area (Å²) in [6.07, 6.45) is 15.7. The zero-order valence-electron chi connectivity index (χ0n) is 21.5. The van der Waals surface area contributed by atoms with Gasteiger partial charge in [-0.25, -0.2) is 4.79 Å². The minimum atomic E-state index is -0.632. The Labute approximate surface area is 204 Å². The standard InChI is InChI=1S/C29H42O5/c1-5-6-7-8-9-10-11-12-20-32-28-27(33-21-19-23(4)16-13-15-22(2)3)24-17-14-18-25(30)26(24)34-29(28)31/h14-15,17-19,30H,5-13,16,20-21H2,1-4H3. The Balaban J connectivity index is 2.04. The van der Waals surface area contributed by atoms with E-state index < -0.39 is 5.63 Å². The molecule has 0 unspecified atom stereocenters. The van der Waals surface area contributed by atoms with Gasteiger partial charge in [-0.1, -0.05) is 75.2 Å². The Morgan fingerprint density at radius 2 is 1.65 bits per heavy atom. The van der Waals surface area contributed by atoms with Crippen molar-refractivity contribution < 1.29 is 19.0 Å². The molecular weight excluding hydrogens is 428 g/mol. The Kier molecular flexibility index (Phi) is 12.4. The summed E-state index contributed by atoms with van der Waals surface area (Å²) in [5.41, 5.74) is 2.01. The highest BCUT2D eigenvalue weighted by Crippen LogP contribution is 2.36. The highest BCUT2D eigenvalue weighted by molar-refractivity contribution is 5.89. The molecule has 5 nitrogen and oxygen atoms in total. The van der Waals surface area contributed by atoms with Crippen LogP contribution in [0, 0.1) is 0 Å². The van der Waals surface area contributed by atoms with Gasteiger partial charge >= 0.3 is 5.63 Å². The highest BCUT2D eigenvalue weighted by atomic mass is 16.5. The van der Waals surface area contributed by atoms with E-state index in [4.69, 9.17) is 13.9 Å². The third-order valence-electron chi connectivity index (χ3n) is 5.82. The number of aromatic hydroxyl groups is 1. The first-order chi connectivity index (χ1) is 16.4. The van der Waals surface area contributed by atoms with Crippen LogP contribution in [0.2, 0.25) is 0 Å². The third kappa shape index (κ3) is 9.28. The van der Waals surface area contributed by atoms with Crippen LogP contribution >= 0.6 is 0 Å². The molecule has 0 fully saturated rings. The monoisotopic (exact) mass is 470 g/mol. The van der Waals surface area contributed by atoms with Gasteiger partial charge in [0.05, 0.1) is 12.0 Å². The van der Waals surface area contributed by atoms with Gasteiger partial charge in [-0.3, -0.25) is 0 Å². The Hall–Kier alpha value is -2.69. The van der Waals surface area contributed by atoms with E-state index in [1.54, 1.807) is 12.1 Å². The first-order valence-electron chi connectivity index (χ1n) is 12.8. The van der Waals surface area contributed by atoms with Gasteiger partial charge in [-0.2, -0.15) is 0 Å². The van der Waals surface area contributed by atoms with Crippen LogP contribution in [0.4, 0.5) is 0 Å². The summed E-state index contributed by atoms with van der Waals surface area (Å²) >= 11 is 0. The fraction of sp³-hybridized carbons (Fsp3) is 0.552. The van der Waals surface area contributed by atoms with Gasteiger partial charge in [-0.15, -0.1) is 0 Å². The molecule has 0 saturated carbocycles. The maximum atomic E-state index is 12.7. The van der Waals surface area contributed by atoms with Crippen LogP contribution in [0.5, 0.6) is 17.2 Å². The maximum absolute atomic E-state index is 12.7. The fourth-order valence-electron chi connectivity index (χ4n) is 3.80. The van der Waals surface area contributed by atoms with Gasteiger partial charge in [0.15, 0.2) is 17.1 Å². The van der Waals surface area contributed by atoms with Crippen molar-refractivity contribution in [1.29, 1.82) is 0 Å². The van der Waals surface area contributed by atoms with Crippen molar-refractivity contribution in [3.8, 4) is 17.2 Å². The molecule has 0 radical (unpaired) electrons. The molecule has 0 aliphatic carbocycles. The van der Waals surface area contributed by atoms with Crippen molar-refractivity contribution in [2.75, 3.05) is 13.2 Å². The molecule has 5 heteroatoms. The summed E-state index contributed by atoms with van der Waals surface area (Å²) < 4.78 is 17.3.